The summed E-state index contributed by atoms with van der Waals surface area (Å²) in [6.07, 6.45) is 9.26. The molecule has 4 heteroatoms. The second-order valence-corrected chi connectivity index (χ2v) is 3.96. The molecule has 0 fully saturated rings. The molecule has 1 heterocycles. The van der Waals surface area contributed by atoms with Crippen LogP contribution in [0.1, 0.15) is 19.8 Å². The van der Waals surface area contributed by atoms with Crippen LogP contribution in [0.3, 0.4) is 0 Å². The lowest BCUT2D eigenvalue weighted by atomic mass is 10.1. The van der Waals surface area contributed by atoms with E-state index in [1.807, 2.05) is 13.0 Å². The van der Waals surface area contributed by atoms with Crippen molar-refractivity contribution in [3.05, 3.63) is 42.8 Å². The Balaban J connectivity index is 2.28. The van der Waals surface area contributed by atoms with E-state index in [0.29, 0.717) is 12.6 Å². The molecule has 0 spiro atoms. The first-order valence-electron chi connectivity index (χ1n) is 5.97. The van der Waals surface area contributed by atoms with Crippen molar-refractivity contribution in [1.29, 1.82) is 0 Å². The van der Waals surface area contributed by atoms with E-state index < -0.39 is 0 Å². The van der Waals surface area contributed by atoms with Crippen molar-refractivity contribution in [3.63, 3.8) is 0 Å². The summed E-state index contributed by atoms with van der Waals surface area (Å²) in [5.74, 6) is 0. The number of hydrogen-bond acceptors (Lipinski definition) is 4. The third-order valence-electron chi connectivity index (χ3n) is 2.48. The van der Waals surface area contributed by atoms with E-state index in [0.717, 1.165) is 18.4 Å². The Bertz CT molecular complexity index is 377. The van der Waals surface area contributed by atoms with Crippen LogP contribution in [0.4, 0.5) is 0 Å². The van der Waals surface area contributed by atoms with Gasteiger partial charge in [0.2, 0.25) is 0 Å². The Morgan fingerprint density at radius 3 is 2.78 bits per heavy atom. The van der Waals surface area contributed by atoms with E-state index in [9.17, 15) is 0 Å². The molecule has 0 aliphatic rings. The van der Waals surface area contributed by atoms with Crippen LogP contribution in [0.15, 0.2) is 42.8 Å². The van der Waals surface area contributed by atoms with Gasteiger partial charge in [0, 0.05) is 19.5 Å². The van der Waals surface area contributed by atoms with Crippen LogP contribution < -0.4 is 4.74 Å². The van der Waals surface area contributed by atoms with Gasteiger partial charge in [-0.2, -0.15) is 0 Å². The van der Waals surface area contributed by atoms with Gasteiger partial charge in [-0.05, 0) is 31.4 Å². The van der Waals surface area contributed by atoms with E-state index in [1.54, 1.807) is 25.6 Å². The fraction of sp³-hybridized carbons (Fsp3) is 0.429. The highest BCUT2D eigenvalue weighted by molar-refractivity contribution is 5.02. The predicted octanol–water partition coefficient (Wildman–Crippen LogP) is 2.78. The summed E-state index contributed by atoms with van der Waals surface area (Å²) < 4.78 is 10.6. The normalized spacial score (nSPS) is 13.1. The molecule has 0 saturated heterocycles. The molecule has 0 N–H and O–H groups in total. The second-order valence-electron chi connectivity index (χ2n) is 3.96. The summed E-state index contributed by atoms with van der Waals surface area (Å²) in [7, 11) is 1.69. The molecular formula is C14H20N2O2. The molecule has 1 rings (SSSR count). The molecule has 1 atom stereocenters. The Labute approximate surface area is 108 Å². The van der Waals surface area contributed by atoms with Crippen molar-refractivity contribution in [3.8, 4) is 6.01 Å². The largest absolute Gasteiger partial charge is 0.459 e. The monoisotopic (exact) mass is 248 g/mol. The molecule has 1 aromatic rings. The standard InChI is InChI=1S/C14H20N2O2/c1-4-13(17-3)8-5-7-12(2)11-18-14-15-9-6-10-16-14/h4,6-7,9-10,13H,1,5,8,11H2,2-3H3/b12-7-. The third kappa shape index (κ3) is 5.59. The predicted molar refractivity (Wildman–Crippen MR) is 71.5 cm³/mol. The first kappa shape index (κ1) is 14.4. The van der Waals surface area contributed by atoms with Gasteiger partial charge in [0.05, 0.1) is 6.10 Å². The van der Waals surface area contributed by atoms with Gasteiger partial charge in [-0.1, -0.05) is 12.2 Å². The molecule has 0 bridgehead atoms. The van der Waals surface area contributed by atoms with Gasteiger partial charge in [0.25, 0.3) is 0 Å². The molecule has 0 aromatic carbocycles. The van der Waals surface area contributed by atoms with Crippen LogP contribution in [-0.4, -0.2) is 29.8 Å². The number of methoxy groups -OCH3 is 1. The maximum atomic E-state index is 5.44. The fourth-order valence-electron chi connectivity index (χ4n) is 1.42. The molecule has 0 saturated carbocycles. The summed E-state index contributed by atoms with van der Waals surface area (Å²) in [6, 6.07) is 2.17. The highest BCUT2D eigenvalue weighted by Crippen LogP contribution is 2.07. The van der Waals surface area contributed by atoms with E-state index in [1.165, 1.54) is 0 Å². The van der Waals surface area contributed by atoms with Crippen LogP contribution in [0.25, 0.3) is 0 Å². The maximum Gasteiger partial charge on any atom is 0.316 e. The quantitative estimate of drug-likeness (QED) is 0.663. The van der Waals surface area contributed by atoms with Gasteiger partial charge in [-0.15, -0.1) is 6.58 Å². The second kappa shape index (κ2) is 8.42. The lowest BCUT2D eigenvalue weighted by Crippen LogP contribution is -2.06. The summed E-state index contributed by atoms with van der Waals surface area (Å²) in [5, 5.41) is 0. The molecule has 4 nitrogen and oxygen atoms in total. The van der Waals surface area contributed by atoms with Crippen molar-refractivity contribution in [2.45, 2.75) is 25.9 Å². The van der Waals surface area contributed by atoms with Crippen molar-refractivity contribution >= 4 is 0 Å². The van der Waals surface area contributed by atoms with Crippen LogP contribution >= 0.6 is 0 Å². The minimum Gasteiger partial charge on any atom is -0.459 e. The van der Waals surface area contributed by atoms with Gasteiger partial charge in [0.15, 0.2) is 0 Å². The molecule has 0 aliphatic heterocycles. The molecule has 1 aromatic heterocycles. The van der Waals surface area contributed by atoms with Gasteiger partial charge < -0.3 is 9.47 Å². The van der Waals surface area contributed by atoms with Crippen LogP contribution in [0.5, 0.6) is 6.01 Å². The van der Waals surface area contributed by atoms with E-state index in [2.05, 4.69) is 22.6 Å². The summed E-state index contributed by atoms with van der Waals surface area (Å²) in [4.78, 5) is 7.98. The van der Waals surface area contributed by atoms with Gasteiger partial charge in [-0.3, -0.25) is 0 Å². The van der Waals surface area contributed by atoms with Crippen LogP contribution in [-0.2, 0) is 4.74 Å². The molecule has 0 amide bonds. The van der Waals surface area contributed by atoms with Crippen molar-refractivity contribution < 1.29 is 9.47 Å². The lowest BCUT2D eigenvalue weighted by molar-refractivity contribution is 0.134. The third-order valence-corrected chi connectivity index (χ3v) is 2.48. The topological polar surface area (TPSA) is 44.2 Å². The summed E-state index contributed by atoms with van der Waals surface area (Å²) >= 11 is 0. The molecule has 0 aliphatic carbocycles. The van der Waals surface area contributed by atoms with Gasteiger partial charge >= 0.3 is 6.01 Å². The zero-order valence-electron chi connectivity index (χ0n) is 11.0. The molecular weight excluding hydrogens is 228 g/mol. The highest BCUT2D eigenvalue weighted by Gasteiger charge is 2.00. The Morgan fingerprint density at radius 1 is 1.44 bits per heavy atom. The average Bonchev–Trinajstić information content (AvgIpc) is 2.42. The number of ether oxygens (including phenoxy) is 2. The minimum atomic E-state index is 0.118. The Morgan fingerprint density at radius 2 is 2.17 bits per heavy atom. The van der Waals surface area contributed by atoms with Crippen LogP contribution in [0.2, 0.25) is 0 Å². The molecule has 18 heavy (non-hydrogen) atoms. The van der Waals surface area contributed by atoms with Crippen molar-refractivity contribution in [2.24, 2.45) is 0 Å². The van der Waals surface area contributed by atoms with E-state index in [-0.39, 0.29) is 6.10 Å². The first-order chi connectivity index (χ1) is 8.76. The number of rotatable bonds is 8. The van der Waals surface area contributed by atoms with Crippen molar-refractivity contribution in [1.82, 2.24) is 9.97 Å². The SMILES string of the molecule is C=CC(CC/C=C(/C)COc1ncccn1)OC. The minimum absolute atomic E-state index is 0.118. The fourth-order valence-corrected chi connectivity index (χ4v) is 1.42. The molecule has 1 unspecified atom stereocenters. The van der Waals surface area contributed by atoms with Crippen LogP contribution in [0, 0.1) is 0 Å². The van der Waals surface area contributed by atoms with Crippen molar-refractivity contribution in [2.75, 3.05) is 13.7 Å². The molecule has 0 radical (unpaired) electrons. The summed E-state index contributed by atoms with van der Waals surface area (Å²) in [5.41, 5.74) is 1.15. The average molecular weight is 248 g/mol. The van der Waals surface area contributed by atoms with E-state index >= 15 is 0 Å². The Hall–Kier alpha value is -1.68. The maximum absolute atomic E-state index is 5.44. The number of aromatic nitrogens is 2. The first-order valence-corrected chi connectivity index (χ1v) is 5.97. The highest BCUT2D eigenvalue weighted by atomic mass is 16.5. The van der Waals surface area contributed by atoms with E-state index in [4.69, 9.17) is 9.47 Å². The number of allylic oxidation sites excluding steroid dienone is 1. The zero-order valence-corrected chi connectivity index (χ0v) is 11.0. The van der Waals surface area contributed by atoms with Gasteiger partial charge in [-0.25, -0.2) is 9.97 Å². The number of hydrogen-bond donors (Lipinski definition) is 0. The van der Waals surface area contributed by atoms with Gasteiger partial charge in [0.1, 0.15) is 6.61 Å². The smallest absolute Gasteiger partial charge is 0.316 e. The molecule has 98 valence electrons. The zero-order chi connectivity index (χ0) is 13.2. The Kier molecular flexibility index (Phi) is 6.72. The number of nitrogens with zero attached hydrogens (tertiary/aromatic N) is 2. The summed E-state index contributed by atoms with van der Waals surface area (Å²) in [6.45, 7) is 6.25. The lowest BCUT2D eigenvalue weighted by Gasteiger charge is -2.08.